The molecule has 0 saturated carbocycles. The topological polar surface area (TPSA) is 44.9 Å². The molecule has 0 spiro atoms. The van der Waals surface area contributed by atoms with Gasteiger partial charge in [0.25, 0.3) is 11.6 Å². The predicted octanol–water partition coefficient (Wildman–Crippen LogP) is 4.34. The quantitative estimate of drug-likeness (QED) is 0.650. The Morgan fingerprint density at radius 2 is 1.72 bits per heavy atom. The van der Waals surface area contributed by atoms with Gasteiger partial charge in [0.05, 0.1) is 6.54 Å². The lowest BCUT2D eigenvalue weighted by molar-refractivity contribution is -0.534. The van der Waals surface area contributed by atoms with Gasteiger partial charge < -0.3 is 14.6 Å². The van der Waals surface area contributed by atoms with Crippen LogP contribution in [0, 0.1) is 0 Å². The van der Waals surface area contributed by atoms with Crippen LogP contribution in [0.4, 0.5) is 5.69 Å². The van der Waals surface area contributed by atoms with Crippen LogP contribution >= 0.6 is 28.6 Å². The van der Waals surface area contributed by atoms with Crippen molar-refractivity contribution in [3.05, 3.63) is 53.1 Å². The summed E-state index contributed by atoms with van der Waals surface area (Å²) in [5.74, 6) is 2.61. The molecule has 0 amide bonds. The first-order valence-electron chi connectivity index (χ1n) is 9.94. The van der Waals surface area contributed by atoms with Gasteiger partial charge in [-0.1, -0.05) is 11.6 Å². The molecule has 3 aliphatic rings. The fourth-order valence-corrected chi connectivity index (χ4v) is 4.62. The van der Waals surface area contributed by atoms with Crippen molar-refractivity contribution in [1.82, 2.24) is 0 Å². The van der Waals surface area contributed by atoms with E-state index in [0.717, 1.165) is 42.8 Å². The Bertz CT molecular complexity index is 934. The lowest BCUT2D eigenvalue weighted by Crippen LogP contribution is -2.47. The fourth-order valence-electron chi connectivity index (χ4n) is 4.49. The molecule has 1 atom stereocenters. The standard InChI is InChI=1S/C22H24ClN2O3.BrH/c23-17-6-8-18(9-7-17)25-21-4-2-1-3-11-24(21)15-22(25,26)16-5-10-19-20(14-16)28-13-12-27-19;/h5-10,14,26H,1-4,11-13,15H2;1H/q+1;. The zero-order chi connectivity index (χ0) is 19.1. The van der Waals surface area contributed by atoms with E-state index in [1.807, 2.05) is 42.5 Å². The second-order valence-electron chi connectivity index (χ2n) is 7.64. The van der Waals surface area contributed by atoms with E-state index in [9.17, 15) is 5.11 Å². The van der Waals surface area contributed by atoms with E-state index in [0.29, 0.717) is 30.5 Å². The van der Waals surface area contributed by atoms with Crippen LogP contribution in [0.5, 0.6) is 11.5 Å². The van der Waals surface area contributed by atoms with Crippen molar-refractivity contribution in [1.29, 1.82) is 0 Å². The van der Waals surface area contributed by atoms with Crippen molar-refractivity contribution in [2.75, 3.05) is 31.2 Å². The molecule has 1 N–H and O–H groups in total. The molecule has 0 bridgehead atoms. The molecule has 0 saturated heterocycles. The molecule has 5 rings (SSSR count). The Morgan fingerprint density at radius 3 is 2.52 bits per heavy atom. The summed E-state index contributed by atoms with van der Waals surface area (Å²) in [4.78, 5) is 2.08. The first-order chi connectivity index (χ1) is 13.6. The number of ether oxygens (including phenoxy) is 2. The minimum absolute atomic E-state index is 0. The third-order valence-electron chi connectivity index (χ3n) is 5.82. The summed E-state index contributed by atoms with van der Waals surface area (Å²) in [5.41, 5.74) is 0.588. The highest BCUT2D eigenvalue weighted by molar-refractivity contribution is 8.93. The van der Waals surface area contributed by atoms with Crippen LogP contribution in [0.1, 0.15) is 31.2 Å². The Hall–Kier alpha value is -1.76. The number of anilines is 1. The van der Waals surface area contributed by atoms with E-state index in [-0.39, 0.29) is 17.0 Å². The second-order valence-corrected chi connectivity index (χ2v) is 8.07. The van der Waals surface area contributed by atoms with Crippen LogP contribution in [0.15, 0.2) is 42.5 Å². The van der Waals surface area contributed by atoms with Gasteiger partial charge in [0.1, 0.15) is 18.9 Å². The molecule has 154 valence electrons. The van der Waals surface area contributed by atoms with Crippen molar-refractivity contribution in [3.8, 4) is 11.5 Å². The second kappa shape index (κ2) is 8.17. The third-order valence-corrected chi connectivity index (χ3v) is 6.07. The average molecular weight is 481 g/mol. The number of benzene rings is 2. The Morgan fingerprint density at radius 1 is 0.966 bits per heavy atom. The Labute approximate surface area is 186 Å². The average Bonchev–Trinajstić information content (AvgIpc) is 2.85. The predicted molar refractivity (Wildman–Crippen MR) is 119 cm³/mol. The Kier molecular flexibility index (Phi) is 5.78. The van der Waals surface area contributed by atoms with Crippen LogP contribution in [0.25, 0.3) is 0 Å². The molecule has 2 aromatic rings. The highest BCUT2D eigenvalue weighted by Crippen LogP contribution is 2.41. The van der Waals surface area contributed by atoms with Gasteiger partial charge in [-0.15, -0.1) is 17.0 Å². The maximum Gasteiger partial charge on any atom is 0.275 e. The summed E-state index contributed by atoms with van der Waals surface area (Å²) in [6, 6.07) is 13.5. The normalized spacial score (nSPS) is 23.3. The highest BCUT2D eigenvalue weighted by Gasteiger charge is 2.54. The maximum absolute atomic E-state index is 12.0. The molecule has 3 heterocycles. The van der Waals surface area contributed by atoms with Gasteiger partial charge >= 0.3 is 0 Å². The number of halogens is 2. The zero-order valence-electron chi connectivity index (χ0n) is 16.1. The van der Waals surface area contributed by atoms with Crippen LogP contribution in [0.3, 0.4) is 0 Å². The van der Waals surface area contributed by atoms with Gasteiger partial charge in [-0.3, -0.25) is 4.58 Å². The van der Waals surface area contributed by atoms with Gasteiger partial charge in [-0.25, -0.2) is 0 Å². The number of amidine groups is 1. The van der Waals surface area contributed by atoms with Gasteiger partial charge in [-0.05, 0) is 61.7 Å². The number of fused-ring (bicyclic) bond motifs is 1. The van der Waals surface area contributed by atoms with Crippen molar-refractivity contribution < 1.29 is 19.2 Å². The molecule has 1 unspecified atom stereocenters. The van der Waals surface area contributed by atoms with Gasteiger partial charge in [0, 0.05) is 17.0 Å². The summed E-state index contributed by atoms with van der Waals surface area (Å²) in [6.07, 6.45) is 4.45. The lowest BCUT2D eigenvalue weighted by atomic mass is 9.99. The molecule has 5 nitrogen and oxygen atoms in total. The molecule has 2 aromatic carbocycles. The van der Waals surface area contributed by atoms with Crippen LogP contribution < -0.4 is 14.4 Å². The molecule has 0 aliphatic carbocycles. The number of hydrogen-bond donors (Lipinski definition) is 1. The van der Waals surface area contributed by atoms with Crippen LogP contribution in [-0.4, -0.2) is 41.8 Å². The van der Waals surface area contributed by atoms with Crippen molar-refractivity contribution in [3.63, 3.8) is 0 Å². The van der Waals surface area contributed by atoms with E-state index in [1.165, 1.54) is 12.3 Å². The van der Waals surface area contributed by atoms with Crippen molar-refractivity contribution >= 4 is 40.1 Å². The smallest absolute Gasteiger partial charge is 0.275 e. The van der Waals surface area contributed by atoms with E-state index >= 15 is 0 Å². The summed E-state index contributed by atoms with van der Waals surface area (Å²) in [5, 5.41) is 12.7. The molecular formula is C22H25BrClN2O3+. The minimum Gasteiger partial charge on any atom is -0.486 e. The Balaban J connectivity index is 0.00000205. The summed E-state index contributed by atoms with van der Waals surface area (Å²) >= 11 is 6.12. The van der Waals surface area contributed by atoms with E-state index in [2.05, 4.69) is 9.48 Å². The maximum atomic E-state index is 12.0. The number of hydrogen-bond acceptors (Lipinski definition) is 4. The molecule has 3 aliphatic heterocycles. The number of aliphatic hydroxyl groups is 1. The molecule has 0 fully saturated rings. The molecule has 0 radical (unpaired) electrons. The van der Waals surface area contributed by atoms with Crippen LogP contribution in [0.2, 0.25) is 5.02 Å². The molecule has 0 aromatic heterocycles. The SMILES string of the molecule is Br.OC1(c2ccc3c(c2)OCCO3)C[N+]2=C(CCCCC2)N1c1ccc(Cl)cc1. The summed E-state index contributed by atoms with van der Waals surface area (Å²) in [6.45, 7) is 2.58. The van der Waals surface area contributed by atoms with E-state index < -0.39 is 5.72 Å². The first kappa shape index (κ1) is 20.5. The van der Waals surface area contributed by atoms with Gasteiger partial charge in [-0.2, -0.15) is 4.90 Å². The molecular weight excluding hydrogens is 456 g/mol. The fraction of sp³-hybridized carbons (Fsp3) is 0.409. The van der Waals surface area contributed by atoms with Crippen molar-refractivity contribution in [2.45, 2.75) is 31.4 Å². The number of rotatable bonds is 2. The number of nitrogens with zero attached hydrogens (tertiary/aromatic N) is 2. The lowest BCUT2D eigenvalue weighted by Gasteiger charge is -2.30. The molecule has 7 heteroatoms. The molecule has 29 heavy (non-hydrogen) atoms. The van der Waals surface area contributed by atoms with Crippen molar-refractivity contribution in [2.24, 2.45) is 0 Å². The van der Waals surface area contributed by atoms with Crippen LogP contribution in [-0.2, 0) is 5.72 Å². The summed E-state index contributed by atoms with van der Waals surface area (Å²) in [7, 11) is 0. The highest BCUT2D eigenvalue weighted by atomic mass is 79.9. The zero-order valence-corrected chi connectivity index (χ0v) is 18.6. The first-order valence-corrected chi connectivity index (χ1v) is 10.3. The van der Waals surface area contributed by atoms with Gasteiger partial charge in [0.15, 0.2) is 18.0 Å². The van der Waals surface area contributed by atoms with Gasteiger partial charge in [0.2, 0.25) is 0 Å². The monoisotopic (exact) mass is 479 g/mol. The summed E-state index contributed by atoms with van der Waals surface area (Å²) < 4.78 is 13.8. The van der Waals surface area contributed by atoms with E-state index in [1.54, 1.807) is 0 Å². The third kappa shape index (κ3) is 3.62. The minimum atomic E-state index is -1.17. The van der Waals surface area contributed by atoms with E-state index in [4.69, 9.17) is 21.1 Å². The largest absolute Gasteiger partial charge is 0.486 e.